The van der Waals surface area contributed by atoms with Crippen LogP contribution in [0.25, 0.3) is 0 Å². The zero-order valence-electron chi connectivity index (χ0n) is 20.0. The van der Waals surface area contributed by atoms with Gasteiger partial charge in [-0.05, 0) is 48.9 Å². The lowest BCUT2D eigenvalue weighted by atomic mass is 10.1. The second kappa shape index (κ2) is 10.6. The Balaban J connectivity index is 1.30. The summed E-state index contributed by atoms with van der Waals surface area (Å²) in [4.78, 5) is 12.9. The number of nitrogens with zero attached hydrogens (tertiary/aromatic N) is 2. The van der Waals surface area contributed by atoms with E-state index in [4.69, 9.17) is 14.2 Å². The highest BCUT2D eigenvalue weighted by atomic mass is 32.2. The zero-order chi connectivity index (χ0) is 25.9. The molecule has 0 radical (unpaired) electrons. The van der Waals surface area contributed by atoms with Gasteiger partial charge in [0.1, 0.15) is 18.1 Å². The minimum atomic E-state index is -3.60. The van der Waals surface area contributed by atoms with Crippen LogP contribution < -0.4 is 19.1 Å². The molecular weight excluding hydrogens is 510 g/mol. The summed E-state index contributed by atoms with van der Waals surface area (Å²) in [6.45, 7) is 3.36. The fraction of sp³-hybridized carbons (Fsp3) is 0.435. The number of benzene rings is 2. The van der Waals surface area contributed by atoms with Gasteiger partial charge >= 0.3 is 0 Å². The number of amides is 1. The van der Waals surface area contributed by atoms with Crippen LogP contribution in [-0.4, -0.2) is 85.4 Å². The Morgan fingerprint density at radius 2 is 1.78 bits per heavy atom. The summed E-state index contributed by atoms with van der Waals surface area (Å²) in [5.74, 6) is 0.313. The van der Waals surface area contributed by atoms with Crippen LogP contribution in [0.4, 0.5) is 5.69 Å². The molecule has 1 unspecified atom stereocenters. The maximum Gasteiger partial charge on any atom is 0.263 e. The van der Waals surface area contributed by atoms with Crippen LogP contribution in [-0.2, 0) is 29.6 Å². The molecule has 0 aromatic heterocycles. The standard InChI is InChI=1S/C23H29N3O8S2/c1-17-3-8-20-21(15-17)34-22(16-26(20)35(2,28)29)23(27)24-9-12-33-18-4-6-19(7-5-18)36(30,31)25-10-13-32-14-11-25/h3-8,15,22H,9-14,16H2,1-2H3,(H,24,27). The van der Waals surface area contributed by atoms with E-state index in [2.05, 4.69) is 5.32 Å². The molecular formula is C23H29N3O8S2. The number of hydrogen-bond donors (Lipinski definition) is 1. The van der Waals surface area contributed by atoms with E-state index in [0.29, 0.717) is 43.5 Å². The Morgan fingerprint density at radius 3 is 2.44 bits per heavy atom. The maximum atomic E-state index is 12.7. The van der Waals surface area contributed by atoms with Crippen LogP contribution in [0.3, 0.4) is 0 Å². The SMILES string of the molecule is Cc1ccc2c(c1)OC(C(=O)NCCOc1ccc(S(=O)(=O)N3CCOCC3)cc1)CN2S(C)(=O)=O. The van der Waals surface area contributed by atoms with E-state index in [9.17, 15) is 21.6 Å². The second-order valence-electron chi connectivity index (χ2n) is 8.50. The summed E-state index contributed by atoms with van der Waals surface area (Å²) in [7, 11) is -7.19. The van der Waals surface area contributed by atoms with E-state index < -0.39 is 32.1 Å². The smallest absolute Gasteiger partial charge is 0.263 e. The Kier molecular flexibility index (Phi) is 7.73. The number of carbonyl (C=O) groups is 1. The molecule has 1 atom stereocenters. The van der Waals surface area contributed by atoms with Crippen molar-refractivity contribution in [1.29, 1.82) is 0 Å². The molecule has 196 valence electrons. The average Bonchev–Trinajstić information content (AvgIpc) is 2.86. The van der Waals surface area contributed by atoms with Gasteiger partial charge in [-0.1, -0.05) is 6.07 Å². The number of anilines is 1. The van der Waals surface area contributed by atoms with Gasteiger partial charge < -0.3 is 19.5 Å². The van der Waals surface area contributed by atoms with Crippen LogP contribution in [0.1, 0.15) is 5.56 Å². The van der Waals surface area contributed by atoms with Crippen LogP contribution in [0.5, 0.6) is 11.5 Å². The topological polar surface area (TPSA) is 132 Å². The molecule has 2 heterocycles. The number of carbonyl (C=O) groups excluding carboxylic acids is 1. The molecule has 11 nitrogen and oxygen atoms in total. The van der Waals surface area contributed by atoms with Crippen LogP contribution >= 0.6 is 0 Å². The molecule has 1 fully saturated rings. The van der Waals surface area contributed by atoms with E-state index in [-0.39, 0.29) is 24.6 Å². The first-order valence-electron chi connectivity index (χ1n) is 11.4. The highest BCUT2D eigenvalue weighted by Gasteiger charge is 2.35. The van der Waals surface area contributed by atoms with Gasteiger partial charge in [-0.15, -0.1) is 0 Å². The minimum absolute atomic E-state index is 0.125. The molecule has 2 aromatic rings. The van der Waals surface area contributed by atoms with Gasteiger partial charge in [-0.3, -0.25) is 9.10 Å². The van der Waals surface area contributed by atoms with Crippen molar-refractivity contribution < 1.29 is 35.8 Å². The third-order valence-corrected chi connectivity index (χ3v) is 8.84. The number of sulfonamides is 2. The Bertz CT molecular complexity index is 1310. The van der Waals surface area contributed by atoms with Gasteiger partial charge in [0.15, 0.2) is 6.10 Å². The second-order valence-corrected chi connectivity index (χ2v) is 12.3. The Labute approximate surface area is 211 Å². The first-order chi connectivity index (χ1) is 17.1. The van der Waals surface area contributed by atoms with E-state index >= 15 is 0 Å². The van der Waals surface area contributed by atoms with Crippen molar-refractivity contribution in [3.05, 3.63) is 48.0 Å². The van der Waals surface area contributed by atoms with Gasteiger partial charge in [0.2, 0.25) is 20.0 Å². The summed E-state index contributed by atoms with van der Waals surface area (Å²) < 4.78 is 69.1. The molecule has 13 heteroatoms. The number of morpholine rings is 1. The van der Waals surface area contributed by atoms with Crippen molar-refractivity contribution in [3.8, 4) is 11.5 Å². The van der Waals surface area contributed by atoms with Crippen LogP contribution in [0, 0.1) is 6.92 Å². The molecule has 0 bridgehead atoms. The van der Waals surface area contributed by atoms with E-state index in [0.717, 1.165) is 11.8 Å². The lowest BCUT2D eigenvalue weighted by Crippen LogP contribution is -2.51. The fourth-order valence-electron chi connectivity index (χ4n) is 3.91. The number of aryl methyl sites for hydroxylation is 1. The Morgan fingerprint density at radius 1 is 1.08 bits per heavy atom. The molecule has 1 saturated heterocycles. The van der Waals surface area contributed by atoms with Crippen molar-refractivity contribution in [1.82, 2.24) is 9.62 Å². The van der Waals surface area contributed by atoms with Gasteiger partial charge in [-0.25, -0.2) is 16.8 Å². The number of hydrogen-bond acceptors (Lipinski definition) is 8. The lowest BCUT2D eigenvalue weighted by Gasteiger charge is -2.34. The largest absolute Gasteiger partial charge is 0.492 e. The molecule has 0 spiro atoms. The normalized spacial score (nSPS) is 18.7. The van der Waals surface area contributed by atoms with Crippen LogP contribution in [0.2, 0.25) is 0 Å². The third kappa shape index (κ3) is 5.91. The monoisotopic (exact) mass is 539 g/mol. The van der Waals surface area contributed by atoms with Crippen molar-refractivity contribution >= 4 is 31.6 Å². The predicted octanol–water partition coefficient (Wildman–Crippen LogP) is 0.738. The Hall–Kier alpha value is -2.87. The first-order valence-corrected chi connectivity index (χ1v) is 14.7. The third-order valence-electron chi connectivity index (χ3n) is 5.78. The summed E-state index contributed by atoms with van der Waals surface area (Å²) in [6, 6.07) is 11.2. The first kappa shape index (κ1) is 26.2. The zero-order valence-corrected chi connectivity index (χ0v) is 21.7. The summed E-state index contributed by atoms with van der Waals surface area (Å²) in [5, 5.41) is 2.69. The molecule has 2 aliphatic rings. The molecule has 0 aliphatic carbocycles. The molecule has 1 N–H and O–H groups in total. The fourth-order valence-corrected chi connectivity index (χ4v) is 6.23. The van der Waals surface area contributed by atoms with Gasteiger partial charge in [0.05, 0.1) is 43.1 Å². The molecule has 2 aliphatic heterocycles. The van der Waals surface area contributed by atoms with Crippen molar-refractivity contribution in [2.75, 3.05) is 56.6 Å². The van der Waals surface area contributed by atoms with Gasteiger partial charge in [0.25, 0.3) is 5.91 Å². The highest BCUT2D eigenvalue weighted by Crippen LogP contribution is 2.35. The minimum Gasteiger partial charge on any atom is -0.492 e. The van der Waals surface area contributed by atoms with Crippen molar-refractivity contribution in [3.63, 3.8) is 0 Å². The number of nitrogens with one attached hydrogen (secondary N) is 1. The molecule has 1 amide bonds. The van der Waals surface area contributed by atoms with Gasteiger partial charge in [-0.2, -0.15) is 4.31 Å². The predicted molar refractivity (Wildman–Crippen MR) is 132 cm³/mol. The number of fused-ring (bicyclic) bond motifs is 1. The van der Waals surface area contributed by atoms with Crippen molar-refractivity contribution in [2.24, 2.45) is 0 Å². The van der Waals surface area contributed by atoms with E-state index in [1.54, 1.807) is 30.3 Å². The number of rotatable bonds is 8. The highest BCUT2D eigenvalue weighted by molar-refractivity contribution is 7.92. The maximum absolute atomic E-state index is 12.7. The van der Waals surface area contributed by atoms with Gasteiger partial charge in [0, 0.05) is 13.1 Å². The van der Waals surface area contributed by atoms with E-state index in [1.807, 2.05) is 6.92 Å². The van der Waals surface area contributed by atoms with Crippen molar-refractivity contribution in [2.45, 2.75) is 17.9 Å². The summed E-state index contributed by atoms with van der Waals surface area (Å²) >= 11 is 0. The molecule has 2 aromatic carbocycles. The average molecular weight is 540 g/mol. The molecule has 4 rings (SSSR count). The molecule has 0 saturated carbocycles. The number of ether oxygens (including phenoxy) is 3. The van der Waals surface area contributed by atoms with Crippen LogP contribution in [0.15, 0.2) is 47.4 Å². The quantitative estimate of drug-likeness (QED) is 0.486. The lowest BCUT2D eigenvalue weighted by molar-refractivity contribution is -0.127. The molecule has 36 heavy (non-hydrogen) atoms. The summed E-state index contributed by atoms with van der Waals surface area (Å²) in [5.41, 5.74) is 1.27. The van der Waals surface area contributed by atoms with E-state index in [1.165, 1.54) is 20.7 Å². The summed E-state index contributed by atoms with van der Waals surface area (Å²) in [6.07, 6.45) is 0.0705.